The molecule has 1 aromatic carbocycles. The lowest BCUT2D eigenvalue weighted by Gasteiger charge is -2.19. The minimum absolute atomic E-state index is 0.0732. The van der Waals surface area contributed by atoms with Crippen LogP contribution in [-0.2, 0) is 11.2 Å². The number of amides is 1. The molecular formula is C13H20N2O2. The van der Waals surface area contributed by atoms with Gasteiger partial charge in [0.1, 0.15) is 0 Å². The van der Waals surface area contributed by atoms with Crippen LogP contribution in [-0.4, -0.2) is 29.7 Å². The monoisotopic (exact) mass is 236 g/mol. The van der Waals surface area contributed by atoms with Crippen LogP contribution in [0, 0.1) is 0 Å². The van der Waals surface area contributed by atoms with Crippen molar-refractivity contribution < 1.29 is 9.90 Å². The summed E-state index contributed by atoms with van der Waals surface area (Å²) in [6, 6.07) is 9.39. The van der Waals surface area contributed by atoms with Crippen LogP contribution in [0.25, 0.3) is 0 Å². The van der Waals surface area contributed by atoms with Gasteiger partial charge in [-0.25, -0.2) is 0 Å². The molecule has 0 saturated heterocycles. The van der Waals surface area contributed by atoms with Gasteiger partial charge >= 0.3 is 0 Å². The Bertz CT molecular complexity index is 341. The number of carbonyl (C=O) groups excluding carboxylic acids is 1. The number of nitrogens with one attached hydrogen (secondary N) is 1. The Labute approximate surface area is 102 Å². The standard InChI is InChI=1S/C13H20N2O2/c1-2-13(17)15-9-12(16)11(14)8-10-6-4-3-5-7-10/h3-7,11-12,16H,2,8-9,14H2,1H3,(H,15,17). The second-order valence-corrected chi connectivity index (χ2v) is 4.08. The van der Waals surface area contributed by atoms with Crippen LogP contribution >= 0.6 is 0 Å². The van der Waals surface area contributed by atoms with Gasteiger partial charge in [0, 0.05) is 19.0 Å². The van der Waals surface area contributed by atoms with Crippen LogP contribution in [0.5, 0.6) is 0 Å². The van der Waals surface area contributed by atoms with E-state index in [1.54, 1.807) is 6.92 Å². The third-order valence-electron chi connectivity index (χ3n) is 2.64. The highest BCUT2D eigenvalue weighted by Gasteiger charge is 2.15. The molecular weight excluding hydrogens is 216 g/mol. The van der Waals surface area contributed by atoms with Crippen molar-refractivity contribution in [3.05, 3.63) is 35.9 Å². The number of hydrogen-bond donors (Lipinski definition) is 3. The lowest BCUT2D eigenvalue weighted by atomic mass is 10.0. The normalized spacial score (nSPS) is 14.1. The van der Waals surface area contributed by atoms with Crippen molar-refractivity contribution in [2.45, 2.75) is 31.9 Å². The van der Waals surface area contributed by atoms with Gasteiger partial charge in [-0.3, -0.25) is 4.79 Å². The largest absolute Gasteiger partial charge is 0.390 e. The molecule has 0 spiro atoms. The highest BCUT2D eigenvalue weighted by Crippen LogP contribution is 2.04. The van der Waals surface area contributed by atoms with E-state index in [9.17, 15) is 9.90 Å². The molecule has 2 unspecified atom stereocenters. The summed E-state index contributed by atoms with van der Waals surface area (Å²) in [7, 11) is 0. The molecule has 0 heterocycles. The van der Waals surface area contributed by atoms with Crippen molar-refractivity contribution in [2.75, 3.05) is 6.54 Å². The summed E-state index contributed by atoms with van der Waals surface area (Å²) in [4.78, 5) is 11.0. The molecule has 4 N–H and O–H groups in total. The first-order chi connectivity index (χ1) is 8.13. The van der Waals surface area contributed by atoms with E-state index in [0.717, 1.165) is 5.56 Å². The molecule has 0 aliphatic heterocycles. The first-order valence-corrected chi connectivity index (χ1v) is 5.87. The molecule has 0 saturated carbocycles. The summed E-state index contributed by atoms with van der Waals surface area (Å²) >= 11 is 0. The zero-order valence-electron chi connectivity index (χ0n) is 10.1. The zero-order chi connectivity index (χ0) is 12.7. The predicted molar refractivity (Wildman–Crippen MR) is 67.4 cm³/mol. The van der Waals surface area contributed by atoms with Crippen LogP contribution in [0.3, 0.4) is 0 Å². The predicted octanol–water partition coefficient (Wildman–Crippen LogP) is 0.444. The summed E-state index contributed by atoms with van der Waals surface area (Å²) < 4.78 is 0. The quantitative estimate of drug-likeness (QED) is 0.671. The fraction of sp³-hybridized carbons (Fsp3) is 0.462. The number of carbonyl (C=O) groups is 1. The zero-order valence-corrected chi connectivity index (χ0v) is 10.1. The Balaban J connectivity index is 2.37. The SMILES string of the molecule is CCC(=O)NCC(O)C(N)Cc1ccccc1. The first kappa shape index (κ1) is 13.7. The number of aliphatic hydroxyl groups is 1. The Hall–Kier alpha value is -1.39. The molecule has 0 aliphatic carbocycles. The van der Waals surface area contributed by atoms with Crippen molar-refractivity contribution in [3.63, 3.8) is 0 Å². The molecule has 4 heteroatoms. The lowest BCUT2D eigenvalue weighted by molar-refractivity contribution is -0.121. The molecule has 0 aliphatic rings. The molecule has 94 valence electrons. The Morgan fingerprint density at radius 2 is 2.06 bits per heavy atom. The van der Waals surface area contributed by atoms with E-state index in [2.05, 4.69) is 5.32 Å². The van der Waals surface area contributed by atoms with Gasteiger partial charge in [-0.15, -0.1) is 0 Å². The fourth-order valence-corrected chi connectivity index (χ4v) is 1.52. The maximum absolute atomic E-state index is 11.0. The molecule has 0 fully saturated rings. The number of rotatable bonds is 6. The number of hydrogen-bond acceptors (Lipinski definition) is 3. The molecule has 1 rings (SSSR count). The van der Waals surface area contributed by atoms with Crippen molar-refractivity contribution in [1.29, 1.82) is 0 Å². The average molecular weight is 236 g/mol. The van der Waals surface area contributed by atoms with Crippen LogP contribution in [0.2, 0.25) is 0 Å². The summed E-state index contributed by atoms with van der Waals surface area (Å²) in [5.41, 5.74) is 6.96. The third kappa shape index (κ3) is 4.97. The summed E-state index contributed by atoms with van der Waals surface area (Å²) in [5, 5.41) is 12.4. The third-order valence-corrected chi connectivity index (χ3v) is 2.64. The summed E-state index contributed by atoms with van der Waals surface area (Å²) in [5.74, 6) is -0.0732. The summed E-state index contributed by atoms with van der Waals surface area (Å²) in [6.07, 6.45) is 0.302. The Morgan fingerprint density at radius 3 is 2.65 bits per heavy atom. The minimum Gasteiger partial charge on any atom is -0.390 e. The average Bonchev–Trinajstić information content (AvgIpc) is 2.36. The van der Waals surface area contributed by atoms with Crippen molar-refractivity contribution >= 4 is 5.91 Å². The molecule has 0 radical (unpaired) electrons. The lowest BCUT2D eigenvalue weighted by Crippen LogP contribution is -2.44. The first-order valence-electron chi connectivity index (χ1n) is 5.87. The molecule has 0 aromatic heterocycles. The fourth-order valence-electron chi connectivity index (χ4n) is 1.52. The van der Waals surface area contributed by atoms with Crippen LogP contribution in [0.15, 0.2) is 30.3 Å². The van der Waals surface area contributed by atoms with E-state index in [-0.39, 0.29) is 18.5 Å². The molecule has 17 heavy (non-hydrogen) atoms. The van der Waals surface area contributed by atoms with Gasteiger partial charge in [0.25, 0.3) is 0 Å². The summed E-state index contributed by atoms with van der Waals surface area (Å²) in [6.45, 7) is 1.98. The topological polar surface area (TPSA) is 75.3 Å². The van der Waals surface area contributed by atoms with Gasteiger partial charge < -0.3 is 16.2 Å². The van der Waals surface area contributed by atoms with Gasteiger partial charge in [0.2, 0.25) is 5.91 Å². The van der Waals surface area contributed by atoms with Gasteiger partial charge in [-0.1, -0.05) is 37.3 Å². The number of aliphatic hydroxyl groups excluding tert-OH is 1. The van der Waals surface area contributed by atoms with E-state index < -0.39 is 6.10 Å². The second-order valence-electron chi connectivity index (χ2n) is 4.08. The van der Waals surface area contributed by atoms with Gasteiger partial charge in [0.05, 0.1) is 6.10 Å². The number of benzene rings is 1. The van der Waals surface area contributed by atoms with E-state index in [4.69, 9.17) is 5.73 Å². The maximum atomic E-state index is 11.0. The van der Waals surface area contributed by atoms with E-state index in [1.165, 1.54) is 0 Å². The van der Waals surface area contributed by atoms with Crippen molar-refractivity contribution in [3.8, 4) is 0 Å². The van der Waals surface area contributed by atoms with E-state index in [0.29, 0.717) is 12.8 Å². The highest BCUT2D eigenvalue weighted by molar-refractivity contribution is 5.75. The second kappa shape index (κ2) is 7.04. The van der Waals surface area contributed by atoms with Crippen LogP contribution < -0.4 is 11.1 Å². The minimum atomic E-state index is -0.717. The molecule has 1 aromatic rings. The highest BCUT2D eigenvalue weighted by atomic mass is 16.3. The Kier molecular flexibility index (Phi) is 5.66. The smallest absolute Gasteiger partial charge is 0.219 e. The molecule has 2 atom stereocenters. The van der Waals surface area contributed by atoms with Gasteiger partial charge in [-0.2, -0.15) is 0 Å². The van der Waals surface area contributed by atoms with E-state index >= 15 is 0 Å². The van der Waals surface area contributed by atoms with E-state index in [1.807, 2.05) is 30.3 Å². The molecule has 4 nitrogen and oxygen atoms in total. The van der Waals surface area contributed by atoms with Gasteiger partial charge in [0.15, 0.2) is 0 Å². The van der Waals surface area contributed by atoms with Crippen molar-refractivity contribution in [1.82, 2.24) is 5.32 Å². The molecule has 1 amide bonds. The van der Waals surface area contributed by atoms with Crippen LogP contribution in [0.1, 0.15) is 18.9 Å². The van der Waals surface area contributed by atoms with Gasteiger partial charge in [-0.05, 0) is 12.0 Å². The van der Waals surface area contributed by atoms with Crippen molar-refractivity contribution in [2.24, 2.45) is 5.73 Å². The number of nitrogens with two attached hydrogens (primary N) is 1. The molecule has 0 bridgehead atoms. The van der Waals surface area contributed by atoms with Crippen LogP contribution in [0.4, 0.5) is 0 Å². The Morgan fingerprint density at radius 1 is 1.41 bits per heavy atom. The maximum Gasteiger partial charge on any atom is 0.219 e.